The van der Waals surface area contributed by atoms with E-state index in [9.17, 15) is 19.2 Å². The average molecular weight is 597 g/mol. The quantitative estimate of drug-likeness (QED) is 0.330. The zero-order valence-corrected chi connectivity index (χ0v) is 26.2. The van der Waals surface area contributed by atoms with Crippen LogP contribution in [0.15, 0.2) is 46.8 Å². The van der Waals surface area contributed by atoms with Crippen LogP contribution in [0.1, 0.15) is 53.4 Å². The van der Waals surface area contributed by atoms with Gasteiger partial charge >= 0.3 is 0 Å². The number of nitrogens with zero attached hydrogens (tertiary/aromatic N) is 2. The van der Waals surface area contributed by atoms with Crippen molar-refractivity contribution in [3.63, 3.8) is 0 Å². The smallest absolute Gasteiger partial charge is 0.237 e. The van der Waals surface area contributed by atoms with Crippen LogP contribution < -0.4 is 10.6 Å². The summed E-state index contributed by atoms with van der Waals surface area (Å²) in [6.07, 6.45) is 11.1. The molecule has 2 aliphatic heterocycles. The van der Waals surface area contributed by atoms with Gasteiger partial charge in [0.05, 0.1) is 26.4 Å². The number of amides is 2. The van der Waals surface area contributed by atoms with Gasteiger partial charge in [0.2, 0.25) is 11.8 Å². The molecule has 0 spiro atoms. The molecule has 0 bridgehead atoms. The Morgan fingerprint density at radius 1 is 0.721 bits per heavy atom. The number of carbonyl (C=O) groups is 4. The lowest BCUT2D eigenvalue weighted by Gasteiger charge is -2.32. The second-order valence-corrected chi connectivity index (χ2v) is 12.7. The number of morpholine rings is 2. The molecule has 2 atom stereocenters. The van der Waals surface area contributed by atoms with Crippen molar-refractivity contribution in [1.29, 1.82) is 0 Å². The number of carbonyl (C=O) groups excluding carboxylic acids is 4. The van der Waals surface area contributed by atoms with Gasteiger partial charge in [0.1, 0.15) is 23.4 Å². The first kappa shape index (κ1) is 32.7. The van der Waals surface area contributed by atoms with E-state index >= 15 is 0 Å². The van der Waals surface area contributed by atoms with Gasteiger partial charge in [-0.25, -0.2) is 0 Å². The predicted molar refractivity (Wildman–Crippen MR) is 164 cm³/mol. The SMILES string of the molecule is CC(=O)C(C(=O)N1CCOCC1)C1=CC(NCC(C)(C)CNC2=CCCC(C(C(C)=O)C(=O)N3CCOCC3)=C2)=CCC1. The highest BCUT2D eigenvalue weighted by molar-refractivity contribution is 6.04. The molecule has 4 aliphatic rings. The van der Waals surface area contributed by atoms with Crippen molar-refractivity contribution >= 4 is 23.4 Å². The number of ether oxygens (including phenoxy) is 2. The third-order valence-electron chi connectivity index (χ3n) is 8.51. The van der Waals surface area contributed by atoms with Crippen molar-refractivity contribution in [3.05, 3.63) is 46.8 Å². The Morgan fingerprint density at radius 3 is 1.44 bits per heavy atom. The van der Waals surface area contributed by atoms with Gasteiger partial charge < -0.3 is 29.9 Å². The number of nitrogens with one attached hydrogen (secondary N) is 2. The zero-order valence-electron chi connectivity index (χ0n) is 26.2. The highest BCUT2D eigenvalue weighted by atomic mass is 16.5. The van der Waals surface area contributed by atoms with Gasteiger partial charge in [-0.3, -0.25) is 19.2 Å². The average Bonchev–Trinajstić information content (AvgIpc) is 3.00. The Kier molecular flexibility index (Phi) is 11.4. The molecule has 43 heavy (non-hydrogen) atoms. The van der Waals surface area contributed by atoms with E-state index in [1.54, 1.807) is 9.80 Å². The van der Waals surface area contributed by atoms with Crippen LogP contribution in [0.2, 0.25) is 0 Å². The van der Waals surface area contributed by atoms with Crippen molar-refractivity contribution in [3.8, 4) is 0 Å². The van der Waals surface area contributed by atoms with Crippen LogP contribution in [0.3, 0.4) is 0 Å². The lowest BCUT2D eigenvalue weighted by atomic mass is 9.86. The third-order valence-corrected chi connectivity index (χ3v) is 8.51. The molecule has 2 saturated heterocycles. The molecule has 0 aromatic carbocycles. The molecule has 2 heterocycles. The van der Waals surface area contributed by atoms with Gasteiger partial charge in [0, 0.05) is 50.7 Å². The Morgan fingerprint density at radius 2 is 1.09 bits per heavy atom. The third kappa shape index (κ3) is 8.89. The molecule has 2 N–H and O–H groups in total. The van der Waals surface area contributed by atoms with E-state index in [-0.39, 0.29) is 28.8 Å². The highest BCUT2D eigenvalue weighted by Gasteiger charge is 2.34. The van der Waals surface area contributed by atoms with E-state index in [2.05, 4.69) is 36.6 Å². The van der Waals surface area contributed by atoms with Crippen LogP contribution in [0.5, 0.6) is 0 Å². The van der Waals surface area contributed by atoms with Crippen LogP contribution in [0.4, 0.5) is 0 Å². The molecule has 2 aliphatic carbocycles. The molecule has 0 aromatic heterocycles. The number of rotatable bonds is 12. The van der Waals surface area contributed by atoms with Gasteiger partial charge in [0.25, 0.3) is 0 Å². The van der Waals surface area contributed by atoms with Gasteiger partial charge in [-0.15, -0.1) is 0 Å². The molecule has 0 aromatic rings. The first-order valence-electron chi connectivity index (χ1n) is 15.6. The summed E-state index contributed by atoms with van der Waals surface area (Å²) in [4.78, 5) is 55.1. The summed E-state index contributed by atoms with van der Waals surface area (Å²) in [6, 6.07) is 0. The van der Waals surface area contributed by atoms with Crippen LogP contribution in [-0.2, 0) is 28.7 Å². The monoisotopic (exact) mass is 596 g/mol. The van der Waals surface area contributed by atoms with E-state index in [0.717, 1.165) is 35.4 Å². The molecule has 2 unspecified atom stereocenters. The van der Waals surface area contributed by atoms with Crippen LogP contribution in [0, 0.1) is 17.3 Å². The lowest BCUT2D eigenvalue weighted by molar-refractivity contribution is -0.143. The van der Waals surface area contributed by atoms with Crippen molar-refractivity contribution < 1.29 is 28.7 Å². The Balaban J connectivity index is 1.34. The Bertz CT molecular complexity index is 1100. The molecular formula is C33H48N4O6. The summed E-state index contributed by atoms with van der Waals surface area (Å²) in [5.74, 6) is -1.99. The highest BCUT2D eigenvalue weighted by Crippen LogP contribution is 2.28. The molecule has 2 amide bonds. The fraction of sp³-hybridized carbons (Fsp3) is 0.636. The molecule has 10 heteroatoms. The predicted octanol–water partition coefficient (Wildman–Crippen LogP) is 2.53. The minimum Gasteiger partial charge on any atom is -0.385 e. The second-order valence-electron chi connectivity index (χ2n) is 12.7. The largest absolute Gasteiger partial charge is 0.385 e. The number of hydrogen-bond acceptors (Lipinski definition) is 8. The first-order valence-corrected chi connectivity index (χ1v) is 15.6. The van der Waals surface area contributed by atoms with Gasteiger partial charge in [0.15, 0.2) is 0 Å². The fourth-order valence-electron chi connectivity index (χ4n) is 6.02. The number of ketones is 2. The molecule has 2 fully saturated rings. The summed E-state index contributed by atoms with van der Waals surface area (Å²) in [6.45, 7) is 12.8. The standard InChI is InChI=1S/C33H48N4O6/c1-23(38)29(31(40)36-11-15-42-16-12-36)25-7-5-9-27(19-25)34-21-33(3,4)22-35-28-10-6-8-26(20-28)30(24(2)39)32(41)37-13-17-43-18-14-37/h9-10,19-20,29-30,34-35H,5-8,11-18,21-22H2,1-4H3. The summed E-state index contributed by atoms with van der Waals surface area (Å²) < 4.78 is 10.8. The van der Waals surface area contributed by atoms with Gasteiger partial charge in [-0.05, 0) is 68.2 Å². The van der Waals surface area contributed by atoms with E-state index < -0.39 is 11.8 Å². The zero-order chi connectivity index (χ0) is 31.0. The summed E-state index contributed by atoms with van der Waals surface area (Å²) in [7, 11) is 0. The van der Waals surface area contributed by atoms with E-state index in [0.29, 0.717) is 78.5 Å². The minimum atomic E-state index is -0.744. The van der Waals surface area contributed by atoms with Crippen molar-refractivity contribution in [2.75, 3.05) is 65.7 Å². The lowest BCUT2D eigenvalue weighted by Crippen LogP contribution is -2.46. The van der Waals surface area contributed by atoms with Crippen molar-refractivity contribution in [2.24, 2.45) is 17.3 Å². The Labute approximate surface area is 255 Å². The topological polar surface area (TPSA) is 117 Å². The fourth-order valence-corrected chi connectivity index (χ4v) is 6.02. The minimum absolute atomic E-state index is 0.125. The second kappa shape index (κ2) is 15.0. The van der Waals surface area contributed by atoms with Gasteiger partial charge in [-0.2, -0.15) is 0 Å². The van der Waals surface area contributed by atoms with Crippen LogP contribution >= 0.6 is 0 Å². The normalized spacial score (nSPS) is 21.0. The molecule has 0 saturated carbocycles. The summed E-state index contributed by atoms with van der Waals surface area (Å²) >= 11 is 0. The maximum Gasteiger partial charge on any atom is 0.237 e. The molecule has 236 valence electrons. The molecular weight excluding hydrogens is 548 g/mol. The Hall–Kier alpha value is -3.24. The van der Waals surface area contributed by atoms with Crippen molar-refractivity contribution in [1.82, 2.24) is 20.4 Å². The van der Waals surface area contributed by atoms with Crippen LogP contribution in [0.25, 0.3) is 0 Å². The summed E-state index contributed by atoms with van der Waals surface area (Å²) in [5.41, 5.74) is 3.44. The summed E-state index contributed by atoms with van der Waals surface area (Å²) in [5, 5.41) is 7.07. The number of allylic oxidation sites excluding steroid dienone is 4. The maximum absolute atomic E-state index is 13.2. The first-order chi connectivity index (χ1) is 20.6. The van der Waals surface area contributed by atoms with E-state index in [4.69, 9.17) is 9.47 Å². The molecule has 0 radical (unpaired) electrons. The van der Waals surface area contributed by atoms with E-state index in [1.807, 2.05) is 12.2 Å². The van der Waals surface area contributed by atoms with Gasteiger partial charge in [-0.1, -0.05) is 26.0 Å². The van der Waals surface area contributed by atoms with E-state index in [1.165, 1.54) is 13.8 Å². The van der Waals surface area contributed by atoms with Crippen molar-refractivity contribution in [2.45, 2.75) is 53.4 Å². The number of hydrogen-bond donors (Lipinski definition) is 2. The maximum atomic E-state index is 13.2. The number of Topliss-reactive ketones (excluding diaryl/α,β-unsaturated/α-hetero) is 2. The molecule has 10 nitrogen and oxygen atoms in total. The van der Waals surface area contributed by atoms with Crippen LogP contribution in [-0.4, -0.2) is 98.9 Å². The molecule has 4 rings (SSSR count).